The zero-order valence-corrected chi connectivity index (χ0v) is 13.7. The molecule has 0 unspecified atom stereocenters. The van der Waals surface area contributed by atoms with E-state index in [4.69, 9.17) is 9.47 Å². The number of benzene rings is 1. The minimum Gasteiger partial charge on any atom is -0.454 e. The lowest BCUT2D eigenvalue weighted by Crippen LogP contribution is -2.39. The average Bonchev–Trinajstić information content (AvgIpc) is 3.10. The molecule has 3 rings (SSSR count). The van der Waals surface area contributed by atoms with Crippen molar-refractivity contribution in [2.24, 2.45) is 5.92 Å². The van der Waals surface area contributed by atoms with Gasteiger partial charge < -0.3 is 20.1 Å². The number of carbonyl (C=O) groups excluding carboxylic acids is 1. The number of amides is 2. The first kappa shape index (κ1) is 15.9. The molecular weight excluding hydrogens is 320 g/mol. The molecule has 8 heteroatoms. The minimum absolute atomic E-state index is 0.00611. The van der Waals surface area contributed by atoms with Gasteiger partial charge in [0.05, 0.1) is 17.5 Å². The number of ether oxygens (including phenoxy) is 2. The molecule has 1 aromatic rings. The third-order valence-corrected chi connectivity index (χ3v) is 5.96. The van der Waals surface area contributed by atoms with E-state index < -0.39 is 9.84 Å². The van der Waals surface area contributed by atoms with Crippen molar-refractivity contribution in [3.8, 4) is 11.5 Å². The Balaban J connectivity index is 1.49. The van der Waals surface area contributed by atoms with Crippen molar-refractivity contribution in [2.45, 2.75) is 19.4 Å². The summed E-state index contributed by atoms with van der Waals surface area (Å²) in [5.41, 5.74) is 0.910. The molecule has 23 heavy (non-hydrogen) atoms. The minimum atomic E-state index is -2.91. The Bertz CT molecular complexity index is 704. The van der Waals surface area contributed by atoms with Crippen LogP contribution >= 0.6 is 0 Å². The van der Waals surface area contributed by atoms with Crippen LogP contribution in [0.5, 0.6) is 11.5 Å². The Morgan fingerprint density at radius 3 is 2.87 bits per heavy atom. The van der Waals surface area contributed by atoms with Gasteiger partial charge in [-0.3, -0.25) is 0 Å². The summed E-state index contributed by atoms with van der Waals surface area (Å²) in [4.78, 5) is 12.0. The normalized spacial score (nSPS) is 22.6. The van der Waals surface area contributed by atoms with Crippen LogP contribution in [0, 0.1) is 5.92 Å². The summed E-state index contributed by atoms with van der Waals surface area (Å²) in [7, 11) is -2.91. The van der Waals surface area contributed by atoms with Gasteiger partial charge in [0, 0.05) is 6.54 Å². The highest BCUT2D eigenvalue weighted by atomic mass is 32.2. The molecule has 1 aromatic carbocycles. The number of hydrogen-bond donors (Lipinski definition) is 2. The number of sulfone groups is 1. The van der Waals surface area contributed by atoms with Crippen molar-refractivity contribution in [3.05, 3.63) is 23.8 Å². The quantitative estimate of drug-likeness (QED) is 0.859. The standard InChI is InChI=1S/C15H20N2O5S/c1-10(12-2-3-13-14(6-12)22-9-21-13)17-15(18)16-7-11-4-5-23(19,20)8-11/h2-3,6,10-11H,4-5,7-9H2,1H3,(H2,16,17,18)/t10-,11+/m0/s1. The van der Waals surface area contributed by atoms with Gasteiger partial charge in [-0.25, -0.2) is 13.2 Å². The van der Waals surface area contributed by atoms with Crippen LogP contribution in [0.2, 0.25) is 0 Å². The molecule has 2 aliphatic rings. The lowest BCUT2D eigenvalue weighted by atomic mass is 10.1. The van der Waals surface area contributed by atoms with Gasteiger partial charge in [0.2, 0.25) is 6.79 Å². The van der Waals surface area contributed by atoms with Gasteiger partial charge in [0.25, 0.3) is 0 Å². The summed E-state index contributed by atoms with van der Waals surface area (Å²) in [5, 5.41) is 5.58. The fourth-order valence-corrected chi connectivity index (χ4v) is 4.65. The predicted octanol–water partition coefficient (Wildman–Crippen LogP) is 1.21. The van der Waals surface area contributed by atoms with E-state index in [0.29, 0.717) is 24.5 Å². The number of hydrogen-bond acceptors (Lipinski definition) is 5. The van der Waals surface area contributed by atoms with Crippen molar-refractivity contribution in [1.82, 2.24) is 10.6 Å². The number of nitrogens with one attached hydrogen (secondary N) is 2. The van der Waals surface area contributed by atoms with Crippen molar-refractivity contribution < 1.29 is 22.7 Å². The molecule has 2 atom stereocenters. The van der Waals surface area contributed by atoms with E-state index in [1.165, 1.54) is 0 Å². The van der Waals surface area contributed by atoms with E-state index in [0.717, 1.165) is 5.56 Å². The van der Waals surface area contributed by atoms with Crippen molar-refractivity contribution in [2.75, 3.05) is 24.8 Å². The Morgan fingerprint density at radius 1 is 1.35 bits per heavy atom. The van der Waals surface area contributed by atoms with Gasteiger partial charge in [-0.15, -0.1) is 0 Å². The first-order valence-corrected chi connectivity index (χ1v) is 9.39. The Hall–Kier alpha value is -1.96. The Labute approximate surface area is 135 Å². The van der Waals surface area contributed by atoms with Gasteiger partial charge in [-0.2, -0.15) is 0 Å². The van der Waals surface area contributed by atoms with Crippen molar-refractivity contribution in [3.63, 3.8) is 0 Å². The second-order valence-corrected chi connectivity index (χ2v) is 8.19. The molecule has 0 spiro atoms. The van der Waals surface area contributed by atoms with E-state index >= 15 is 0 Å². The van der Waals surface area contributed by atoms with Crippen LogP contribution in [-0.2, 0) is 9.84 Å². The SMILES string of the molecule is C[C@H](NC(=O)NC[C@H]1CCS(=O)(=O)C1)c1ccc2c(c1)OCO2. The van der Waals surface area contributed by atoms with Crippen LogP contribution in [0.15, 0.2) is 18.2 Å². The third kappa shape index (κ3) is 3.87. The maximum Gasteiger partial charge on any atom is 0.315 e. The van der Waals surface area contributed by atoms with Crippen LogP contribution in [-0.4, -0.2) is 39.3 Å². The van der Waals surface area contributed by atoms with E-state index in [1.54, 1.807) is 0 Å². The van der Waals surface area contributed by atoms with Crippen LogP contribution in [0.1, 0.15) is 24.9 Å². The highest BCUT2D eigenvalue weighted by Crippen LogP contribution is 2.34. The van der Waals surface area contributed by atoms with Crippen LogP contribution < -0.4 is 20.1 Å². The summed E-state index contributed by atoms with van der Waals surface area (Å²) in [6, 6.07) is 5.03. The molecule has 1 saturated heterocycles. The molecule has 2 N–H and O–H groups in total. The summed E-state index contributed by atoms with van der Waals surface area (Å²) in [5.74, 6) is 1.76. The molecule has 0 radical (unpaired) electrons. The summed E-state index contributed by atoms with van der Waals surface area (Å²) in [6.45, 7) is 2.46. The fraction of sp³-hybridized carbons (Fsp3) is 0.533. The fourth-order valence-electron chi connectivity index (χ4n) is 2.78. The molecule has 2 heterocycles. The van der Waals surface area contributed by atoms with Crippen LogP contribution in [0.25, 0.3) is 0 Å². The van der Waals surface area contributed by atoms with E-state index in [-0.39, 0.29) is 36.3 Å². The maximum absolute atomic E-state index is 12.0. The van der Waals surface area contributed by atoms with Crippen molar-refractivity contribution in [1.29, 1.82) is 0 Å². The molecule has 0 saturated carbocycles. The Morgan fingerprint density at radius 2 is 2.13 bits per heavy atom. The molecule has 2 aliphatic heterocycles. The van der Waals surface area contributed by atoms with Gasteiger partial charge in [0.15, 0.2) is 21.3 Å². The molecule has 0 bridgehead atoms. The van der Waals surface area contributed by atoms with Crippen molar-refractivity contribution >= 4 is 15.9 Å². The Kier molecular flexibility index (Phi) is 4.34. The first-order chi connectivity index (χ1) is 10.9. The van der Waals surface area contributed by atoms with Crippen LogP contribution in [0.4, 0.5) is 4.79 Å². The highest BCUT2D eigenvalue weighted by Gasteiger charge is 2.28. The molecule has 2 amide bonds. The van der Waals surface area contributed by atoms with Gasteiger partial charge >= 0.3 is 6.03 Å². The monoisotopic (exact) mass is 340 g/mol. The van der Waals surface area contributed by atoms with E-state index in [9.17, 15) is 13.2 Å². The smallest absolute Gasteiger partial charge is 0.315 e. The number of urea groups is 1. The first-order valence-electron chi connectivity index (χ1n) is 7.57. The molecule has 126 valence electrons. The second kappa shape index (κ2) is 6.27. The average molecular weight is 340 g/mol. The third-order valence-electron chi connectivity index (χ3n) is 4.12. The zero-order chi connectivity index (χ0) is 16.4. The van der Waals surface area contributed by atoms with Gasteiger partial charge in [-0.1, -0.05) is 6.07 Å². The van der Waals surface area contributed by atoms with E-state index in [1.807, 2.05) is 25.1 Å². The summed E-state index contributed by atoms with van der Waals surface area (Å²) >= 11 is 0. The van der Waals surface area contributed by atoms with E-state index in [2.05, 4.69) is 10.6 Å². The molecule has 1 fully saturated rings. The molecule has 0 aromatic heterocycles. The number of carbonyl (C=O) groups is 1. The lowest BCUT2D eigenvalue weighted by molar-refractivity contribution is 0.174. The molecule has 0 aliphatic carbocycles. The topological polar surface area (TPSA) is 93.7 Å². The van der Waals surface area contributed by atoms with Gasteiger partial charge in [-0.05, 0) is 37.0 Å². The number of rotatable bonds is 4. The maximum atomic E-state index is 12.0. The summed E-state index contributed by atoms with van der Waals surface area (Å²) in [6.07, 6.45) is 0.611. The second-order valence-electron chi connectivity index (χ2n) is 5.96. The van der Waals surface area contributed by atoms with Crippen LogP contribution in [0.3, 0.4) is 0 Å². The largest absolute Gasteiger partial charge is 0.454 e. The predicted molar refractivity (Wildman–Crippen MR) is 84.3 cm³/mol. The molecular formula is C15H20N2O5S. The zero-order valence-electron chi connectivity index (χ0n) is 12.9. The summed E-state index contributed by atoms with van der Waals surface area (Å²) < 4.78 is 33.4. The highest BCUT2D eigenvalue weighted by molar-refractivity contribution is 7.91. The lowest BCUT2D eigenvalue weighted by Gasteiger charge is -2.16. The number of fused-ring (bicyclic) bond motifs is 1. The van der Waals surface area contributed by atoms with Gasteiger partial charge in [0.1, 0.15) is 0 Å². The molecule has 7 nitrogen and oxygen atoms in total.